The van der Waals surface area contributed by atoms with Crippen LogP contribution in [0.25, 0.3) is 11.2 Å². The van der Waals surface area contributed by atoms with Gasteiger partial charge in [-0.2, -0.15) is 0 Å². The van der Waals surface area contributed by atoms with Gasteiger partial charge in [-0.05, 0) is 17.7 Å². The highest BCUT2D eigenvalue weighted by Gasteiger charge is 2.07. The zero-order chi connectivity index (χ0) is 11.7. The number of fused-ring (bicyclic) bond motifs is 1. The van der Waals surface area contributed by atoms with Gasteiger partial charge in [-0.3, -0.25) is 4.98 Å². The largest absolute Gasteiger partial charge is 0.382 e. The van der Waals surface area contributed by atoms with E-state index in [2.05, 4.69) is 19.9 Å². The Labute approximate surface area is 97.2 Å². The molecule has 6 nitrogen and oxygen atoms in total. The average Bonchev–Trinajstić information content (AvgIpc) is 2.76. The minimum Gasteiger partial charge on any atom is -0.382 e. The quantitative estimate of drug-likeness (QED) is 0.700. The molecule has 84 valence electrons. The monoisotopic (exact) mass is 226 g/mol. The van der Waals surface area contributed by atoms with Gasteiger partial charge >= 0.3 is 0 Å². The number of rotatable bonds is 2. The summed E-state index contributed by atoms with van der Waals surface area (Å²) >= 11 is 0. The second-order valence-corrected chi connectivity index (χ2v) is 3.66. The van der Waals surface area contributed by atoms with Gasteiger partial charge in [0.25, 0.3) is 0 Å². The fourth-order valence-corrected chi connectivity index (χ4v) is 1.70. The van der Waals surface area contributed by atoms with E-state index in [1.165, 1.54) is 6.33 Å². The highest BCUT2D eigenvalue weighted by molar-refractivity contribution is 5.81. The highest BCUT2D eigenvalue weighted by atomic mass is 15.1. The summed E-state index contributed by atoms with van der Waals surface area (Å²) < 4.78 is 1.93. The fourth-order valence-electron chi connectivity index (χ4n) is 1.70. The minimum atomic E-state index is 0.406. The van der Waals surface area contributed by atoms with Crippen molar-refractivity contribution in [3.8, 4) is 0 Å². The number of nitrogens with two attached hydrogens (primary N) is 1. The molecule has 0 spiro atoms. The van der Waals surface area contributed by atoms with Gasteiger partial charge in [0.15, 0.2) is 11.5 Å². The minimum absolute atomic E-state index is 0.406. The van der Waals surface area contributed by atoms with Crippen LogP contribution in [0.3, 0.4) is 0 Å². The molecule has 17 heavy (non-hydrogen) atoms. The lowest BCUT2D eigenvalue weighted by atomic mass is 10.3. The Bertz CT molecular complexity index is 645. The predicted molar refractivity (Wildman–Crippen MR) is 63.1 cm³/mol. The first-order valence-electron chi connectivity index (χ1n) is 5.15. The highest BCUT2D eigenvalue weighted by Crippen LogP contribution is 2.15. The van der Waals surface area contributed by atoms with Crippen LogP contribution in [-0.4, -0.2) is 24.5 Å². The van der Waals surface area contributed by atoms with Crippen LogP contribution < -0.4 is 5.73 Å². The van der Waals surface area contributed by atoms with E-state index in [-0.39, 0.29) is 0 Å². The van der Waals surface area contributed by atoms with Gasteiger partial charge in [0.05, 0.1) is 12.9 Å². The molecule has 3 heterocycles. The lowest BCUT2D eigenvalue weighted by molar-refractivity contribution is 0.811. The van der Waals surface area contributed by atoms with Crippen molar-refractivity contribution < 1.29 is 0 Å². The number of hydrogen-bond acceptors (Lipinski definition) is 5. The Balaban J connectivity index is 2.05. The number of anilines is 1. The summed E-state index contributed by atoms with van der Waals surface area (Å²) in [5.41, 5.74) is 8.25. The summed E-state index contributed by atoms with van der Waals surface area (Å²) in [6.45, 7) is 0.690. The molecule has 0 unspecified atom stereocenters. The summed E-state index contributed by atoms with van der Waals surface area (Å²) in [5, 5.41) is 0. The van der Waals surface area contributed by atoms with E-state index >= 15 is 0 Å². The maximum Gasteiger partial charge on any atom is 0.165 e. The summed E-state index contributed by atoms with van der Waals surface area (Å²) in [6, 6.07) is 3.91. The Morgan fingerprint density at radius 2 is 1.94 bits per heavy atom. The van der Waals surface area contributed by atoms with E-state index < -0.39 is 0 Å². The van der Waals surface area contributed by atoms with Gasteiger partial charge in [0.2, 0.25) is 0 Å². The van der Waals surface area contributed by atoms with Crippen LogP contribution in [0, 0.1) is 0 Å². The molecule has 0 saturated heterocycles. The third kappa shape index (κ3) is 1.69. The van der Waals surface area contributed by atoms with Crippen LogP contribution in [0.5, 0.6) is 0 Å². The first-order valence-corrected chi connectivity index (χ1v) is 5.15. The van der Waals surface area contributed by atoms with E-state index in [0.717, 1.165) is 11.2 Å². The maximum atomic E-state index is 5.73. The van der Waals surface area contributed by atoms with Crippen molar-refractivity contribution in [1.29, 1.82) is 0 Å². The molecule has 3 aromatic heterocycles. The average molecular weight is 226 g/mol. The summed E-state index contributed by atoms with van der Waals surface area (Å²) in [5.74, 6) is 0.406. The van der Waals surface area contributed by atoms with Crippen molar-refractivity contribution in [1.82, 2.24) is 24.5 Å². The van der Waals surface area contributed by atoms with Crippen molar-refractivity contribution >= 4 is 17.0 Å². The van der Waals surface area contributed by atoms with E-state index in [0.29, 0.717) is 17.9 Å². The molecule has 0 aromatic carbocycles. The molecule has 3 aromatic rings. The Morgan fingerprint density at radius 3 is 2.76 bits per heavy atom. The molecule has 3 rings (SSSR count). The standard InChI is InChI=1S/C11H10N6/c12-10-9-11(15-6-14-10)17(7-16-9)5-8-1-3-13-4-2-8/h1-4,6-7H,5H2,(H2,12,14,15). The first-order chi connectivity index (χ1) is 8.34. The van der Waals surface area contributed by atoms with E-state index in [1.807, 2.05) is 16.7 Å². The molecule has 6 heteroatoms. The smallest absolute Gasteiger partial charge is 0.165 e. The van der Waals surface area contributed by atoms with Crippen LogP contribution >= 0.6 is 0 Å². The molecule has 0 atom stereocenters. The van der Waals surface area contributed by atoms with E-state index in [9.17, 15) is 0 Å². The second-order valence-electron chi connectivity index (χ2n) is 3.66. The Hall–Kier alpha value is -2.50. The molecule has 2 N–H and O–H groups in total. The summed E-state index contributed by atoms with van der Waals surface area (Å²) in [6.07, 6.45) is 6.69. The zero-order valence-electron chi connectivity index (χ0n) is 8.98. The van der Waals surface area contributed by atoms with Gasteiger partial charge in [-0.25, -0.2) is 15.0 Å². The van der Waals surface area contributed by atoms with Crippen LogP contribution in [-0.2, 0) is 6.54 Å². The van der Waals surface area contributed by atoms with Crippen LogP contribution in [0.1, 0.15) is 5.56 Å². The molecule has 0 aliphatic rings. The van der Waals surface area contributed by atoms with Gasteiger partial charge < -0.3 is 10.3 Å². The molecular weight excluding hydrogens is 216 g/mol. The Kier molecular flexibility index (Phi) is 2.18. The third-order valence-electron chi connectivity index (χ3n) is 2.53. The van der Waals surface area contributed by atoms with E-state index in [1.54, 1.807) is 18.7 Å². The zero-order valence-corrected chi connectivity index (χ0v) is 8.98. The Morgan fingerprint density at radius 1 is 1.12 bits per heavy atom. The molecule has 0 aliphatic heterocycles. The topological polar surface area (TPSA) is 82.5 Å². The third-order valence-corrected chi connectivity index (χ3v) is 2.53. The van der Waals surface area contributed by atoms with Gasteiger partial charge in [0, 0.05) is 12.4 Å². The van der Waals surface area contributed by atoms with Crippen molar-refractivity contribution in [3.05, 3.63) is 42.7 Å². The summed E-state index contributed by atoms with van der Waals surface area (Å²) in [4.78, 5) is 16.3. The van der Waals surface area contributed by atoms with Crippen molar-refractivity contribution in [3.63, 3.8) is 0 Å². The lowest BCUT2D eigenvalue weighted by Crippen LogP contribution is -2.00. The van der Waals surface area contributed by atoms with Crippen LogP contribution in [0.15, 0.2) is 37.2 Å². The molecule has 0 aliphatic carbocycles. The second kappa shape index (κ2) is 3.82. The number of aromatic nitrogens is 5. The summed E-state index contributed by atoms with van der Waals surface area (Å²) in [7, 11) is 0. The van der Waals surface area contributed by atoms with Gasteiger partial charge in [-0.1, -0.05) is 0 Å². The predicted octanol–water partition coefficient (Wildman–Crippen LogP) is 0.852. The van der Waals surface area contributed by atoms with Crippen molar-refractivity contribution in [2.45, 2.75) is 6.54 Å². The molecule has 0 fully saturated rings. The van der Waals surface area contributed by atoms with Crippen molar-refractivity contribution in [2.75, 3.05) is 5.73 Å². The van der Waals surface area contributed by atoms with Gasteiger partial charge in [0.1, 0.15) is 11.8 Å². The number of hydrogen-bond donors (Lipinski definition) is 1. The van der Waals surface area contributed by atoms with Gasteiger partial charge in [-0.15, -0.1) is 0 Å². The van der Waals surface area contributed by atoms with Crippen LogP contribution in [0.4, 0.5) is 5.82 Å². The normalized spacial score (nSPS) is 10.8. The molecule has 0 amide bonds. The number of imidazole rings is 1. The number of nitrogen functional groups attached to an aromatic ring is 1. The van der Waals surface area contributed by atoms with Crippen LogP contribution in [0.2, 0.25) is 0 Å². The number of nitrogens with zero attached hydrogens (tertiary/aromatic N) is 5. The molecular formula is C11H10N6. The molecule has 0 radical (unpaired) electrons. The molecule has 0 saturated carbocycles. The maximum absolute atomic E-state index is 5.73. The fraction of sp³-hybridized carbons (Fsp3) is 0.0909. The number of pyridine rings is 1. The van der Waals surface area contributed by atoms with E-state index in [4.69, 9.17) is 5.73 Å². The first kappa shape index (κ1) is 9.71. The lowest BCUT2D eigenvalue weighted by Gasteiger charge is -2.03. The van der Waals surface area contributed by atoms with Crippen molar-refractivity contribution in [2.24, 2.45) is 0 Å². The molecule has 0 bridgehead atoms. The SMILES string of the molecule is Nc1ncnc2c1ncn2Cc1ccncc1.